The van der Waals surface area contributed by atoms with E-state index in [4.69, 9.17) is 4.74 Å². The van der Waals surface area contributed by atoms with Crippen molar-refractivity contribution in [1.29, 1.82) is 0 Å². The fourth-order valence-corrected chi connectivity index (χ4v) is 1.54. The van der Waals surface area contributed by atoms with Gasteiger partial charge in [0.15, 0.2) is 0 Å². The number of ether oxygens (including phenoxy) is 1. The Bertz CT molecular complexity index is 375. The molecule has 1 aliphatic heterocycles. The molecule has 0 aromatic carbocycles. The van der Waals surface area contributed by atoms with Crippen LogP contribution in [0.25, 0.3) is 0 Å². The van der Waals surface area contributed by atoms with Gasteiger partial charge in [0, 0.05) is 19.3 Å². The van der Waals surface area contributed by atoms with Crippen LogP contribution in [0.3, 0.4) is 0 Å². The Morgan fingerprint density at radius 2 is 2.56 bits per heavy atom. The molecule has 1 saturated heterocycles. The lowest BCUT2D eigenvalue weighted by Crippen LogP contribution is -2.45. The van der Waals surface area contributed by atoms with Crippen molar-refractivity contribution >= 4 is 11.6 Å². The average Bonchev–Trinajstić information content (AvgIpc) is 2.33. The maximum atomic E-state index is 11.8. The van der Waals surface area contributed by atoms with Gasteiger partial charge in [-0.2, -0.15) is 0 Å². The molecule has 0 spiro atoms. The summed E-state index contributed by atoms with van der Waals surface area (Å²) in [6, 6.07) is 1.86. The average molecular weight is 221 g/mol. The SMILES string of the molecule is Cc1ccncc1NC(=O)C1CNCCO1. The zero-order valence-electron chi connectivity index (χ0n) is 9.19. The summed E-state index contributed by atoms with van der Waals surface area (Å²) in [5, 5.41) is 5.93. The fraction of sp³-hybridized carbons (Fsp3) is 0.455. The van der Waals surface area contributed by atoms with Crippen LogP contribution in [0.15, 0.2) is 18.5 Å². The highest BCUT2D eigenvalue weighted by molar-refractivity contribution is 5.94. The number of pyridine rings is 1. The van der Waals surface area contributed by atoms with Crippen molar-refractivity contribution in [2.45, 2.75) is 13.0 Å². The number of rotatable bonds is 2. The number of aromatic nitrogens is 1. The first-order chi connectivity index (χ1) is 7.77. The molecule has 1 atom stereocenters. The Morgan fingerprint density at radius 3 is 3.25 bits per heavy atom. The van der Waals surface area contributed by atoms with Crippen LogP contribution in [0.5, 0.6) is 0 Å². The van der Waals surface area contributed by atoms with E-state index in [-0.39, 0.29) is 5.91 Å². The molecular formula is C11H15N3O2. The molecule has 2 rings (SSSR count). The Kier molecular flexibility index (Phi) is 3.48. The molecule has 1 amide bonds. The third kappa shape index (κ3) is 2.56. The molecule has 1 aromatic heterocycles. The molecule has 0 radical (unpaired) electrons. The van der Waals surface area contributed by atoms with Gasteiger partial charge < -0.3 is 15.4 Å². The molecule has 16 heavy (non-hydrogen) atoms. The van der Waals surface area contributed by atoms with Crippen molar-refractivity contribution in [1.82, 2.24) is 10.3 Å². The van der Waals surface area contributed by atoms with E-state index >= 15 is 0 Å². The summed E-state index contributed by atoms with van der Waals surface area (Å²) in [6.45, 7) is 3.86. The number of anilines is 1. The second-order valence-electron chi connectivity index (χ2n) is 3.74. The van der Waals surface area contributed by atoms with Gasteiger partial charge in [-0.3, -0.25) is 9.78 Å². The van der Waals surface area contributed by atoms with Crippen molar-refractivity contribution in [3.05, 3.63) is 24.0 Å². The van der Waals surface area contributed by atoms with Gasteiger partial charge >= 0.3 is 0 Å². The molecular weight excluding hydrogens is 206 g/mol. The molecule has 86 valence electrons. The van der Waals surface area contributed by atoms with Crippen LogP contribution in [0, 0.1) is 6.92 Å². The molecule has 1 aromatic rings. The molecule has 0 saturated carbocycles. The van der Waals surface area contributed by atoms with E-state index in [1.165, 1.54) is 0 Å². The molecule has 2 heterocycles. The summed E-state index contributed by atoms with van der Waals surface area (Å²) in [6.07, 6.45) is 2.93. The largest absolute Gasteiger partial charge is 0.366 e. The highest BCUT2D eigenvalue weighted by atomic mass is 16.5. The molecule has 2 N–H and O–H groups in total. The minimum atomic E-state index is -0.409. The highest BCUT2D eigenvalue weighted by Gasteiger charge is 2.21. The summed E-state index contributed by atoms with van der Waals surface area (Å²) < 4.78 is 5.36. The number of aryl methyl sites for hydroxylation is 1. The van der Waals surface area contributed by atoms with Gasteiger partial charge in [0.25, 0.3) is 5.91 Å². The first-order valence-corrected chi connectivity index (χ1v) is 5.31. The zero-order valence-corrected chi connectivity index (χ0v) is 9.19. The quantitative estimate of drug-likeness (QED) is 0.754. The lowest BCUT2D eigenvalue weighted by molar-refractivity contribution is -0.128. The lowest BCUT2D eigenvalue weighted by Gasteiger charge is -2.22. The topological polar surface area (TPSA) is 63.2 Å². The van der Waals surface area contributed by atoms with Crippen LogP contribution in [0.2, 0.25) is 0 Å². The predicted octanol–water partition coefficient (Wildman–Crippen LogP) is 0.317. The number of hydrogen-bond acceptors (Lipinski definition) is 4. The van der Waals surface area contributed by atoms with Crippen LogP contribution in [-0.2, 0) is 9.53 Å². The van der Waals surface area contributed by atoms with Crippen LogP contribution < -0.4 is 10.6 Å². The molecule has 5 nitrogen and oxygen atoms in total. The van der Waals surface area contributed by atoms with E-state index in [2.05, 4.69) is 15.6 Å². The van der Waals surface area contributed by atoms with Gasteiger partial charge in [0.05, 0.1) is 18.5 Å². The summed E-state index contributed by atoms with van der Waals surface area (Å²) >= 11 is 0. The summed E-state index contributed by atoms with van der Waals surface area (Å²) in [5.41, 5.74) is 1.73. The number of hydrogen-bond donors (Lipinski definition) is 2. The van der Waals surface area contributed by atoms with Gasteiger partial charge in [0.1, 0.15) is 6.10 Å². The lowest BCUT2D eigenvalue weighted by atomic mass is 10.2. The number of nitrogens with zero attached hydrogens (tertiary/aromatic N) is 1. The van der Waals surface area contributed by atoms with Crippen molar-refractivity contribution in [3.8, 4) is 0 Å². The number of carbonyl (C=O) groups excluding carboxylic acids is 1. The van der Waals surface area contributed by atoms with E-state index in [1.807, 2.05) is 13.0 Å². The molecule has 1 unspecified atom stereocenters. The fourth-order valence-electron chi connectivity index (χ4n) is 1.54. The Balaban J connectivity index is 1.99. The summed E-state index contributed by atoms with van der Waals surface area (Å²) in [5.74, 6) is -0.122. The Hall–Kier alpha value is -1.46. The van der Waals surface area contributed by atoms with Crippen LogP contribution in [0.4, 0.5) is 5.69 Å². The second kappa shape index (κ2) is 5.05. The molecule has 0 bridgehead atoms. The minimum Gasteiger partial charge on any atom is -0.366 e. The Labute approximate surface area is 94.2 Å². The molecule has 1 aliphatic rings. The van der Waals surface area contributed by atoms with Crippen LogP contribution in [-0.4, -0.2) is 36.7 Å². The van der Waals surface area contributed by atoms with Gasteiger partial charge in [-0.15, -0.1) is 0 Å². The van der Waals surface area contributed by atoms with Crippen molar-refractivity contribution < 1.29 is 9.53 Å². The van der Waals surface area contributed by atoms with Gasteiger partial charge in [0.2, 0.25) is 0 Å². The second-order valence-corrected chi connectivity index (χ2v) is 3.74. The number of amides is 1. The van der Waals surface area contributed by atoms with E-state index in [9.17, 15) is 4.79 Å². The maximum absolute atomic E-state index is 11.8. The number of morpholine rings is 1. The van der Waals surface area contributed by atoms with Crippen molar-refractivity contribution in [2.75, 3.05) is 25.0 Å². The smallest absolute Gasteiger partial charge is 0.254 e. The van der Waals surface area contributed by atoms with E-state index in [0.29, 0.717) is 13.2 Å². The van der Waals surface area contributed by atoms with Crippen LogP contribution >= 0.6 is 0 Å². The minimum absolute atomic E-state index is 0.122. The standard InChI is InChI=1S/C11H15N3O2/c1-8-2-3-12-6-9(8)14-11(15)10-7-13-4-5-16-10/h2-3,6,10,13H,4-5,7H2,1H3,(H,14,15). The highest BCUT2D eigenvalue weighted by Crippen LogP contribution is 2.12. The van der Waals surface area contributed by atoms with Crippen molar-refractivity contribution in [2.24, 2.45) is 0 Å². The third-order valence-corrected chi connectivity index (χ3v) is 2.52. The van der Waals surface area contributed by atoms with Crippen LogP contribution in [0.1, 0.15) is 5.56 Å². The maximum Gasteiger partial charge on any atom is 0.254 e. The van der Waals surface area contributed by atoms with Gasteiger partial charge in [-0.1, -0.05) is 0 Å². The van der Waals surface area contributed by atoms with E-state index in [1.54, 1.807) is 12.4 Å². The number of carbonyl (C=O) groups is 1. The van der Waals surface area contributed by atoms with E-state index in [0.717, 1.165) is 17.8 Å². The summed E-state index contributed by atoms with van der Waals surface area (Å²) in [7, 11) is 0. The normalized spacial score (nSPS) is 20.4. The zero-order chi connectivity index (χ0) is 11.4. The first-order valence-electron chi connectivity index (χ1n) is 5.31. The van der Waals surface area contributed by atoms with Crippen molar-refractivity contribution in [3.63, 3.8) is 0 Å². The third-order valence-electron chi connectivity index (χ3n) is 2.52. The summed E-state index contributed by atoms with van der Waals surface area (Å²) in [4.78, 5) is 15.8. The van der Waals surface area contributed by atoms with Gasteiger partial charge in [-0.05, 0) is 18.6 Å². The number of nitrogens with one attached hydrogen (secondary N) is 2. The Morgan fingerprint density at radius 1 is 1.69 bits per heavy atom. The van der Waals surface area contributed by atoms with Gasteiger partial charge in [-0.25, -0.2) is 0 Å². The molecule has 0 aliphatic carbocycles. The predicted molar refractivity (Wildman–Crippen MR) is 60.2 cm³/mol. The molecule has 5 heteroatoms. The van der Waals surface area contributed by atoms with E-state index < -0.39 is 6.10 Å². The monoisotopic (exact) mass is 221 g/mol. The molecule has 1 fully saturated rings. The first kappa shape index (κ1) is 11.0.